The summed E-state index contributed by atoms with van der Waals surface area (Å²) in [5.74, 6) is -4.54. The Kier molecular flexibility index (Phi) is 14.3. The van der Waals surface area contributed by atoms with E-state index in [2.05, 4.69) is 16.0 Å². The summed E-state index contributed by atoms with van der Waals surface area (Å²) in [7, 11) is 0. The highest BCUT2D eigenvalue weighted by Gasteiger charge is 2.33. The Bertz CT molecular complexity index is 720. The summed E-state index contributed by atoms with van der Waals surface area (Å²) in [4.78, 5) is 60.5. The molecule has 0 fully saturated rings. The zero-order valence-corrected chi connectivity index (χ0v) is 20.3. The molecule has 14 nitrogen and oxygen atoms in total. The number of aliphatic hydroxyl groups excluding tert-OH is 3. The molecule has 15 heteroatoms. The summed E-state index contributed by atoms with van der Waals surface area (Å²) < 4.78 is 0. The van der Waals surface area contributed by atoms with Gasteiger partial charge in [-0.15, -0.1) is 0 Å². The van der Waals surface area contributed by atoms with Crippen molar-refractivity contribution in [1.29, 1.82) is 0 Å². The zero-order chi connectivity index (χ0) is 26.6. The number of carboxylic acid groups (broad SMARTS) is 1. The third-order valence-corrected chi connectivity index (χ3v) is 5.25. The van der Waals surface area contributed by atoms with Crippen LogP contribution in [0.4, 0.5) is 0 Å². The number of thioether (sulfide) groups is 1. The molecule has 0 aliphatic rings. The second-order valence-electron chi connectivity index (χ2n) is 7.67. The first-order valence-electron chi connectivity index (χ1n) is 10.4. The Morgan fingerprint density at radius 1 is 0.794 bits per heavy atom. The highest BCUT2D eigenvalue weighted by atomic mass is 32.2. The van der Waals surface area contributed by atoms with Crippen LogP contribution in [-0.2, 0) is 24.0 Å². The van der Waals surface area contributed by atoms with Crippen molar-refractivity contribution in [2.45, 2.75) is 69.7 Å². The number of hydrogen-bond acceptors (Lipinski definition) is 10. The average Bonchev–Trinajstić information content (AvgIpc) is 2.74. The van der Waals surface area contributed by atoms with Gasteiger partial charge in [-0.05, 0) is 39.2 Å². The summed E-state index contributed by atoms with van der Waals surface area (Å²) in [5.41, 5.74) is 5.54. The van der Waals surface area contributed by atoms with E-state index in [9.17, 15) is 39.3 Å². The van der Waals surface area contributed by atoms with E-state index in [1.165, 1.54) is 32.5 Å². The minimum atomic E-state index is -1.51. The molecule has 10 N–H and O–H groups in total. The van der Waals surface area contributed by atoms with Crippen LogP contribution in [0.1, 0.15) is 27.2 Å². The second kappa shape index (κ2) is 15.4. The molecule has 0 unspecified atom stereocenters. The summed E-state index contributed by atoms with van der Waals surface area (Å²) >= 11 is 1.36. The van der Waals surface area contributed by atoms with Crippen molar-refractivity contribution >= 4 is 41.4 Å². The lowest BCUT2D eigenvalue weighted by Crippen LogP contribution is -2.61. The van der Waals surface area contributed by atoms with Crippen LogP contribution in [0.2, 0.25) is 0 Å². The number of rotatable bonds is 15. The minimum absolute atomic E-state index is 0.0929. The van der Waals surface area contributed by atoms with Gasteiger partial charge in [0.15, 0.2) is 0 Å². The maximum Gasteiger partial charge on any atom is 0.322 e. The van der Waals surface area contributed by atoms with Gasteiger partial charge in [-0.2, -0.15) is 11.8 Å². The van der Waals surface area contributed by atoms with Crippen LogP contribution >= 0.6 is 11.8 Å². The van der Waals surface area contributed by atoms with Crippen molar-refractivity contribution in [3.05, 3.63) is 0 Å². The molecule has 0 rings (SSSR count). The fourth-order valence-corrected chi connectivity index (χ4v) is 3.04. The Morgan fingerprint density at radius 2 is 1.29 bits per heavy atom. The lowest BCUT2D eigenvalue weighted by atomic mass is 10.1. The monoisotopic (exact) mass is 509 g/mol. The van der Waals surface area contributed by atoms with Gasteiger partial charge < -0.3 is 47.4 Å². The number of aliphatic hydroxyl groups is 3. The van der Waals surface area contributed by atoms with Crippen molar-refractivity contribution in [3.8, 4) is 0 Å². The highest BCUT2D eigenvalue weighted by Crippen LogP contribution is 2.05. The van der Waals surface area contributed by atoms with E-state index in [1.807, 2.05) is 5.32 Å². The van der Waals surface area contributed by atoms with Crippen molar-refractivity contribution < 1.29 is 44.4 Å². The molecular formula is C19H35N5O9S. The van der Waals surface area contributed by atoms with E-state index in [-0.39, 0.29) is 6.42 Å². The number of nitrogens with two attached hydrogens (primary N) is 1. The first kappa shape index (κ1) is 31.5. The van der Waals surface area contributed by atoms with Gasteiger partial charge in [0.25, 0.3) is 0 Å². The van der Waals surface area contributed by atoms with E-state index < -0.39 is 78.6 Å². The molecule has 196 valence electrons. The minimum Gasteiger partial charge on any atom is -0.480 e. The van der Waals surface area contributed by atoms with E-state index in [0.717, 1.165) is 0 Å². The number of carboxylic acids is 1. The van der Waals surface area contributed by atoms with Crippen LogP contribution in [0.15, 0.2) is 0 Å². The van der Waals surface area contributed by atoms with Gasteiger partial charge in [0.2, 0.25) is 23.6 Å². The van der Waals surface area contributed by atoms with Gasteiger partial charge in [0.1, 0.15) is 30.7 Å². The number of hydrogen-bond donors (Lipinski definition) is 9. The van der Waals surface area contributed by atoms with Crippen LogP contribution in [0, 0.1) is 0 Å². The van der Waals surface area contributed by atoms with Gasteiger partial charge in [0.05, 0.1) is 18.3 Å². The Balaban J connectivity index is 5.51. The van der Waals surface area contributed by atoms with Crippen LogP contribution in [-0.4, -0.2) is 111 Å². The average molecular weight is 510 g/mol. The molecule has 0 spiro atoms. The SMILES string of the molecule is CSCC[C@H](NC(=O)[C@@H](NC(=O)[C@@H](N)[C@@H](C)O)[C@@H](C)O)C(=O)N[C@H](C(=O)NCC(=O)O)[C@@H](C)O. The maximum absolute atomic E-state index is 12.8. The molecule has 4 amide bonds. The molecule has 0 saturated heterocycles. The van der Waals surface area contributed by atoms with Crippen LogP contribution in [0.25, 0.3) is 0 Å². The van der Waals surface area contributed by atoms with Crippen LogP contribution in [0.5, 0.6) is 0 Å². The van der Waals surface area contributed by atoms with Gasteiger partial charge in [-0.3, -0.25) is 24.0 Å². The lowest BCUT2D eigenvalue weighted by Gasteiger charge is -2.27. The van der Waals surface area contributed by atoms with E-state index >= 15 is 0 Å². The van der Waals surface area contributed by atoms with E-state index in [4.69, 9.17) is 10.8 Å². The predicted molar refractivity (Wildman–Crippen MR) is 122 cm³/mol. The van der Waals surface area contributed by atoms with Crippen molar-refractivity contribution in [2.24, 2.45) is 5.73 Å². The van der Waals surface area contributed by atoms with Crippen LogP contribution in [0.3, 0.4) is 0 Å². The number of carbonyl (C=O) groups is 5. The standard InChI is InChI=1S/C19H35N5O9S/c1-8(25)13(20)17(31)24-15(10(3)27)19(33)22-11(5-6-34-4)16(30)23-14(9(2)26)18(32)21-7-12(28)29/h8-11,13-15,25-27H,5-7,20H2,1-4H3,(H,21,32)(H,22,33)(H,23,30)(H,24,31)(H,28,29)/t8-,9-,10-,11+,13+,14+,15+/m1/s1. The summed E-state index contributed by atoms with van der Waals surface area (Å²) in [6.07, 6.45) is -2.15. The molecule has 0 bridgehead atoms. The molecule has 7 atom stereocenters. The summed E-state index contributed by atoms with van der Waals surface area (Å²) in [6.45, 7) is 2.99. The van der Waals surface area contributed by atoms with Crippen molar-refractivity contribution in [3.63, 3.8) is 0 Å². The second-order valence-corrected chi connectivity index (χ2v) is 8.66. The molecule has 34 heavy (non-hydrogen) atoms. The third kappa shape index (κ3) is 11.1. The topological polar surface area (TPSA) is 240 Å². The molecular weight excluding hydrogens is 474 g/mol. The fourth-order valence-electron chi connectivity index (χ4n) is 2.57. The van der Waals surface area contributed by atoms with Gasteiger partial charge in [-0.25, -0.2) is 0 Å². The molecule has 0 heterocycles. The van der Waals surface area contributed by atoms with E-state index in [1.54, 1.807) is 6.26 Å². The Morgan fingerprint density at radius 3 is 1.74 bits per heavy atom. The first-order valence-corrected chi connectivity index (χ1v) is 11.8. The van der Waals surface area contributed by atoms with Gasteiger partial charge in [0, 0.05) is 0 Å². The number of amides is 4. The molecule has 0 aliphatic carbocycles. The molecule has 0 aromatic rings. The van der Waals surface area contributed by atoms with Gasteiger partial charge >= 0.3 is 5.97 Å². The smallest absolute Gasteiger partial charge is 0.322 e. The van der Waals surface area contributed by atoms with Crippen molar-refractivity contribution in [1.82, 2.24) is 21.3 Å². The number of carbonyl (C=O) groups excluding carboxylic acids is 4. The molecule has 0 radical (unpaired) electrons. The number of aliphatic carboxylic acids is 1. The molecule has 0 saturated carbocycles. The molecule has 0 aliphatic heterocycles. The molecule has 0 aromatic heterocycles. The zero-order valence-electron chi connectivity index (χ0n) is 19.5. The maximum atomic E-state index is 12.8. The van der Waals surface area contributed by atoms with Crippen LogP contribution < -0.4 is 27.0 Å². The summed E-state index contributed by atoms with van der Waals surface area (Å²) in [6, 6.07) is -5.59. The third-order valence-electron chi connectivity index (χ3n) is 4.61. The van der Waals surface area contributed by atoms with E-state index in [0.29, 0.717) is 5.75 Å². The Hall–Kier alpha value is -2.46. The quantitative estimate of drug-likeness (QED) is 0.103. The first-order chi connectivity index (χ1) is 15.7. The fraction of sp³-hybridized carbons (Fsp3) is 0.737. The summed E-state index contributed by atoms with van der Waals surface area (Å²) in [5, 5.41) is 46.9. The lowest BCUT2D eigenvalue weighted by molar-refractivity contribution is -0.139. The largest absolute Gasteiger partial charge is 0.480 e. The predicted octanol–water partition coefficient (Wildman–Crippen LogP) is -4.14. The molecule has 0 aromatic carbocycles. The number of nitrogens with one attached hydrogen (secondary N) is 4. The highest BCUT2D eigenvalue weighted by molar-refractivity contribution is 7.98. The van der Waals surface area contributed by atoms with Gasteiger partial charge in [-0.1, -0.05) is 0 Å². The van der Waals surface area contributed by atoms with Crippen molar-refractivity contribution in [2.75, 3.05) is 18.6 Å². The Labute approximate surface area is 201 Å². The normalized spacial score (nSPS) is 17.2.